The molecule has 0 saturated heterocycles. The second kappa shape index (κ2) is 4.28. The number of nitrogens with zero attached hydrogens (tertiary/aromatic N) is 2. The molecule has 0 spiro atoms. The summed E-state index contributed by atoms with van der Waals surface area (Å²) in [6.45, 7) is 0. The number of carbonyl (C=O) groups is 1. The molecule has 0 fully saturated rings. The molecule has 0 saturated carbocycles. The third-order valence-corrected chi connectivity index (χ3v) is 2.34. The Morgan fingerprint density at radius 2 is 1.94 bits per heavy atom. The summed E-state index contributed by atoms with van der Waals surface area (Å²) in [4.78, 5) is 11.0. The summed E-state index contributed by atoms with van der Waals surface area (Å²) in [7, 11) is 0. The van der Waals surface area contributed by atoms with Gasteiger partial charge in [0.2, 0.25) is 0 Å². The molecule has 0 aromatic heterocycles. The monoisotopic (exact) mass is 234 g/mol. The van der Waals surface area contributed by atoms with E-state index in [9.17, 15) is 4.79 Å². The van der Waals surface area contributed by atoms with Gasteiger partial charge in [0.25, 0.3) is 0 Å². The third-order valence-electron chi connectivity index (χ3n) is 2.27. The Bertz CT molecular complexity index is 581. The van der Waals surface area contributed by atoms with E-state index in [0.717, 1.165) is 5.39 Å². The molecule has 0 radical (unpaired) electrons. The number of fused-ring (bicyclic) bond motifs is 1. The van der Waals surface area contributed by atoms with Crippen LogP contribution in [-0.4, -0.2) is 11.1 Å². The number of hydrogen-bond donors (Lipinski definition) is 1. The van der Waals surface area contributed by atoms with Gasteiger partial charge in [-0.3, -0.25) is 0 Å². The van der Waals surface area contributed by atoms with Crippen LogP contribution < -0.4 is 0 Å². The second-order valence-electron chi connectivity index (χ2n) is 3.16. The minimum Gasteiger partial charge on any atom is -0.478 e. The standard InChI is InChI=1S/C11H7ClN2O2/c12-14-13-10-8-4-2-1-3-7(8)5-6-9(10)11(15)16/h1-6H,(H,15,16). The molecular formula is C11H7ClN2O2. The fraction of sp³-hybridized carbons (Fsp3) is 0. The molecule has 2 aromatic rings. The molecule has 0 aliphatic heterocycles. The zero-order chi connectivity index (χ0) is 11.5. The SMILES string of the molecule is O=C(O)c1ccc2ccccc2c1N=NCl. The summed E-state index contributed by atoms with van der Waals surface area (Å²) in [6.07, 6.45) is 0. The van der Waals surface area contributed by atoms with E-state index in [-0.39, 0.29) is 11.3 Å². The molecule has 16 heavy (non-hydrogen) atoms. The van der Waals surface area contributed by atoms with Gasteiger partial charge in [-0.1, -0.05) is 35.0 Å². The van der Waals surface area contributed by atoms with Crippen LogP contribution in [0.3, 0.4) is 0 Å². The van der Waals surface area contributed by atoms with Crippen molar-refractivity contribution >= 4 is 34.2 Å². The van der Waals surface area contributed by atoms with E-state index in [4.69, 9.17) is 16.9 Å². The highest BCUT2D eigenvalue weighted by atomic mass is 35.5. The quantitative estimate of drug-likeness (QED) is 0.804. The summed E-state index contributed by atoms with van der Waals surface area (Å²) < 4.78 is 3.13. The molecule has 0 aliphatic rings. The predicted octanol–water partition coefficient (Wildman–Crippen LogP) is 3.78. The highest BCUT2D eigenvalue weighted by Gasteiger charge is 2.12. The smallest absolute Gasteiger partial charge is 0.337 e. The summed E-state index contributed by atoms with van der Waals surface area (Å²) >= 11 is 5.18. The molecule has 0 atom stereocenters. The molecule has 1 N–H and O–H groups in total. The molecule has 80 valence electrons. The Hall–Kier alpha value is -1.94. The van der Waals surface area contributed by atoms with Gasteiger partial charge in [0.05, 0.1) is 17.3 Å². The molecule has 0 bridgehead atoms. The lowest BCUT2D eigenvalue weighted by Gasteiger charge is -2.04. The van der Waals surface area contributed by atoms with Crippen LogP contribution in [0.25, 0.3) is 10.8 Å². The maximum Gasteiger partial charge on any atom is 0.337 e. The van der Waals surface area contributed by atoms with Gasteiger partial charge in [-0.2, -0.15) is 0 Å². The molecular weight excluding hydrogens is 228 g/mol. The predicted molar refractivity (Wildman–Crippen MR) is 61.3 cm³/mol. The van der Waals surface area contributed by atoms with Crippen molar-refractivity contribution in [3.8, 4) is 0 Å². The maximum atomic E-state index is 11.0. The van der Waals surface area contributed by atoms with Crippen LogP contribution in [0.1, 0.15) is 10.4 Å². The zero-order valence-electron chi connectivity index (χ0n) is 8.09. The summed E-state index contributed by atoms with van der Waals surface area (Å²) in [6, 6.07) is 10.5. The van der Waals surface area contributed by atoms with Gasteiger partial charge >= 0.3 is 5.97 Å². The van der Waals surface area contributed by atoms with E-state index in [1.54, 1.807) is 18.2 Å². The minimum absolute atomic E-state index is 0.0862. The highest BCUT2D eigenvalue weighted by Crippen LogP contribution is 2.30. The Labute approximate surface area is 96.3 Å². The van der Waals surface area contributed by atoms with Gasteiger partial charge < -0.3 is 5.11 Å². The van der Waals surface area contributed by atoms with Crippen molar-refractivity contribution in [3.05, 3.63) is 42.0 Å². The van der Waals surface area contributed by atoms with E-state index < -0.39 is 5.97 Å². The van der Waals surface area contributed by atoms with Crippen molar-refractivity contribution in [2.75, 3.05) is 0 Å². The van der Waals surface area contributed by atoms with Crippen molar-refractivity contribution in [2.45, 2.75) is 0 Å². The lowest BCUT2D eigenvalue weighted by atomic mass is 10.0. The van der Waals surface area contributed by atoms with Crippen molar-refractivity contribution in [1.29, 1.82) is 0 Å². The number of carboxylic acids is 1. The van der Waals surface area contributed by atoms with Gasteiger partial charge in [0.1, 0.15) is 5.69 Å². The minimum atomic E-state index is -1.05. The van der Waals surface area contributed by atoms with Crippen LogP contribution >= 0.6 is 11.8 Å². The highest BCUT2D eigenvalue weighted by molar-refractivity contribution is 6.14. The van der Waals surface area contributed by atoms with E-state index in [1.165, 1.54) is 6.07 Å². The van der Waals surface area contributed by atoms with Gasteiger partial charge in [-0.15, -0.1) is 5.11 Å². The molecule has 0 amide bonds. The van der Waals surface area contributed by atoms with E-state index >= 15 is 0 Å². The van der Waals surface area contributed by atoms with E-state index in [2.05, 4.69) is 9.75 Å². The van der Waals surface area contributed by atoms with Crippen LogP contribution in [-0.2, 0) is 0 Å². The Morgan fingerprint density at radius 1 is 1.19 bits per heavy atom. The molecule has 4 nitrogen and oxygen atoms in total. The van der Waals surface area contributed by atoms with Crippen LogP contribution in [0, 0.1) is 0 Å². The van der Waals surface area contributed by atoms with Crippen molar-refractivity contribution in [1.82, 2.24) is 0 Å². The van der Waals surface area contributed by atoms with Crippen LogP contribution in [0.5, 0.6) is 0 Å². The topological polar surface area (TPSA) is 62.0 Å². The summed E-state index contributed by atoms with van der Waals surface area (Å²) in [5.41, 5.74) is 0.365. The Balaban J connectivity index is 2.84. The van der Waals surface area contributed by atoms with Crippen molar-refractivity contribution in [2.24, 2.45) is 9.75 Å². The normalized spacial score (nSPS) is 11.1. The lowest BCUT2D eigenvalue weighted by molar-refractivity contribution is 0.0698. The molecule has 2 aromatic carbocycles. The summed E-state index contributed by atoms with van der Waals surface area (Å²) in [5, 5.41) is 14.3. The van der Waals surface area contributed by atoms with Gasteiger partial charge in [-0.05, 0) is 11.5 Å². The second-order valence-corrected chi connectivity index (χ2v) is 3.31. The number of carboxylic acid groups (broad SMARTS) is 1. The molecule has 0 heterocycles. The van der Waals surface area contributed by atoms with Crippen LogP contribution in [0.4, 0.5) is 5.69 Å². The number of hydrogen-bond acceptors (Lipinski definition) is 3. The molecule has 0 unspecified atom stereocenters. The molecule has 0 aliphatic carbocycles. The van der Waals surface area contributed by atoms with Gasteiger partial charge in [0, 0.05) is 5.39 Å². The average molecular weight is 235 g/mol. The molecule has 2 rings (SSSR count). The Morgan fingerprint density at radius 3 is 2.62 bits per heavy atom. The fourth-order valence-corrected chi connectivity index (χ4v) is 1.65. The van der Waals surface area contributed by atoms with Gasteiger partial charge in [0.15, 0.2) is 0 Å². The first kappa shape index (κ1) is 10.6. The number of benzene rings is 2. The summed E-state index contributed by atoms with van der Waals surface area (Å²) in [5.74, 6) is -1.05. The van der Waals surface area contributed by atoms with Crippen LogP contribution in [0.15, 0.2) is 46.1 Å². The van der Waals surface area contributed by atoms with E-state index in [1.807, 2.05) is 12.1 Å². The van der Waals surface area contributed by atoms with Crippen molar-refractivity contribution in [3.63, 3.8) is 0 Å². The first-order valence-electron chi connectivity index (χ1n) is 4.51. The first-order valence-corrected chi connectivity index (χ1v) is 4.85. The van der Waals surface area contributed by atoms with Gasteiger partial charge in [-0.25, -0.2) is 4.79 Å². The number of halogens is 1. The van der Waals surface area contributed by atoms with Crippen LogP contribution in [0.2, 0.25) is 0 Å². The maximum absolute atomic E-state index is 11.0. The number of aromatic carboxylic acids is 1. The molecule has 5 heteroatoms. The van der Waals surface area contributed by atoms with Crippen molar-refractivity contribution < 1.29 is 9.90 Å². The number of rotatable bonds is 2. The largest absolute Gasteiger partial charge is 0.478 e. The third kappa shape index (κ3) is 1.75. The zero-order valence-corrected chi connectivity index (χ0v) is 8.85. The Kier molecular flexibility index (Phi) is 2.83. The first-order chi connectivity index (χ1) is 7.74. The lowest BCUT2D eigenvalue weighted by Crippen LogP contribution is -1.96. The average Bonchev–Trinajstić information content (AvgIpc) is 2.29. The van der Waals surface area contributed by atoms with E-state index in [0.29, 0.717) is 5.39 Å². The fourth-order valence-electron chi connectivity index (χ4n) is 1.57.